The van der Waals surface area contributed by atoms with Gasteiger partial charge in [-0.1, -0.05) is 160 Å². The van der Waals surface area contributed by atoms with Gasteiger partial charge in [-0.15, -0.1) is 5.54 Å². The third-order valence-electron chi connectivity index (χ3n) is 7.52. The van der Waals surface area contributed by atoms with Gasteiger partial charge in [0.05, 0.1) is 19.7 Å². The van der Waals surface area contributed by atoms with Crippen molar-refractivity contribution in [2.24, 2.45) is 0 Å². The van der Waals surface area contributed by atoms with E-state index < -0.39 is 21.7 Å². The number of fused-ring (bicyclic) bond motifs is 1. The number of rotatable bonds is 5. The number of hydrogen-bond donors (Lipinski definition) is 0. The molecule has 1 heterocycles. The van der Waals surface area contributed by atoms with E-state index in [1.807, 2.05) is 0 Å². The van der Waals surface area contributed by atoms with Gasteiger partial charge in [0.15, 0.2) is 0 Å². The third-order valence-corrected chi connectivity index (χ3v) is 10.5. The quantitative estimate of drug-likeness (QED) is 0.144. The summed E-state index contributed by atoms with van der Waals surface area (Å²) >= 11 is 0. The summed E-state index contributed by atoms with van der Waals surface area (Å²) in [6.07, 6.45) is 0. The standard InChI is InChI=1S/C35H39NSi2/c1-37(2,3)26-25-32-34-28(17-16-24-33(34)38(4,5)6)27-36(32)35(29-18-10-7-11-19-29,30-20-12-8-13-21-30)31-22-14-9-15-23-31/h7-24,32H,27H2,1-6H3/t32-/m0/s1. The van der Waals surface area contributed by atoms with E-state index in [1.165, 1.54) is 33.0 Å². The zero-order valence-electron chi connectivity index (χ0n) is 23.6. The van der Waals surface area contributed by atoms with Crippen LogP contribution in [-0.4, -0.2) is 21.0 Å². The molecule has 0 radical (unpaired) electrons. The van der Waals surface area contributed by atoms with E-state index in [0.717, 1.165) is 6.54 Å². The van der Waals surface area contributed by atoms with E-state index >= 15 is 0 Å². The van der Waals surface area contributed by atoms with E-state index in [4.69, 9.17) is 0 Å². The first-order chi connectivity index (χ1) is 18.1. The molecule has 4 aromatic rings. The van der Waals surface area contributed by atoms with Gasteiger partial charge in [0.1, 0.15) is 8.07 Å². The van der Waals surface area contributed by atoms with Gasteiger partial charge in [0.2, 0.25) is 0 Å². The Kier molecular flexibility index (Phi) is 7.09. The summed E-state index contributed by atoms with van der Waals surface area (Å²) in [5.74, 6) is 3.91. The average molecular weight is 530 g/mol. The zero-order chi connectivity index (χ0) is 27.0. The fourth-order valence-corrected chi connectivity index (χ4v) is 8.21. The summed E-state index contributed by atoms with van der Waals surface area (Å²) < 4.78 is 0. The molecule has 0 bridgehead atoms. The molecule has 1 aliphatic rings. The van der Waals surface area contributed by atoms with Crippen molar-refractivity contribution in [2.45, 2.75) is 57.4 Å². The molecule has 192 valence electrons. The van der Waals surface area contributed by atoms with Gasteiger partial charge in [-0.25, -0.2) is 0 Å². The minimum Gasteiger partial charge on any atom is -0.264 e. The molecule has 0 amide bonds. The minimum absolute atomic E-state index is 0.0141. The Morgan fingerprint density at radius 2 is 1.11 bits per heavy atom. The smallest absolute Gasteiger partial charge is 0.129 e. The van der Waals surface area contributed by atoms with Crippen LogP contribution in [0.5, 0.6) is 0 Å². The lowest BCUT2D eigenvalue weighted by Gasteiger charge is -2.46. The molecule has 3 heteroatoms. The Morgan fingerprint density at radius 3 is 1.53 bits per heavy atom. The molecule has 0 spiro atoms. The highest BCUT2D eigenvalue weighted by atomic mass is 28.3. The SMILES string of the molecule is C[Si](C)(C)C#C[C@H]1c2c(cccc2[Si](C)(C)C)CN1C(c1ccccc1)(c1ccccc1)c1ccccc1. The van der Waals surface area contributed by atoms with Crippen LogP contribution in [0.3, 0.4) is 0 Å². The van der Waals surface area contributed by atoms with Crippen molar-refractivity contribution in [3.05, 3.63) is 137 Å². The molecule has 0 unspecified atom stereocenters. The summed E-state index contributed by atoms with van der Waals surface area (Å²) in [4.78, 5) is 2.70. The fourth-order valence-electron chi connectivity index (χ4n) is 5.94. The molecule has 5 rings (SSSR count). The first kappa shape index (κ1) is 26.4. The Bertz CT molecular complexity index is 1360. The maximum absolute atomic E-state index is 3.91. The molecule has 1 atom stereocenters. The molecule has 0 aliphatic carbocycles. The number of hydrogen-bond acceptors (Lipinski definition) is 1. The van der Waals surface area contributed by atoms with Crippen LogP contribution in [0, 0.1) is 11.5 Å². The second-order valence-electron chi connectivity index (χ2n) is 12.5. The van der Waals surface area contributed by atoms with Gasteiger partial charge < -0.3 is 0 Å². The van der Waals surface area contributed by atoms with Crippen molar-refractivity contribution in [3.8, 4) is 11.5 Å². The summed E-state index contributed by atoms with van der Waals surface area (Å²) in [7, 11) is -3.23. The number of nitrogens with zero attached hydrogens (tertiary/aromatic N) is 1. The van der Waals surface area contributed by atoms with E-state index in [-0.39, 0.29) is 6.04 Å². The topological polar surface area (TPSA) is 3.24 Å². The zero-order valence-corrected chi connectivity index (χ0v) is 25.6. The molecule has 0 fully saturated rings. The van der Waals surface area contributed by atoms with Crippen molar-refractivity contribution < 1.29 is 0 Å². The van der Waals surface area contributed by atoms with Gasteiger partial charge in [-0.2, -0.15) is 0 Å². The molecular weight excluding hydrogens is 491 g/mol. The van der Waals surface area contributed by atoms with Crippen LogP contribution in [0.1, 0.15) is 33.9 Å². The number of benzene rings is 4. The van der Waals surface area contributed by atoms with E-state index in [1.54, 1.807) is 0 Å². The summed E-state index contributed by atoms with van der Waals surface area (Å²) in [6, 6.07) is 40.2. The second kappa shape index (κ2) is 10.2. The van der Waals surface area contributed by atoms with Gasteiger partial charge in [-0.3, -0.25) is 4.90 Å². The molecule has 1 aliphatic heterocycles. The summed E-state index contributed by atoms with van der Waals surface area (Å²) in [6.45, 7) is 15.3. The first-order valence-corrected chi connectivity index (χ1v) is 20.7. The maximum Gasteiger partial charge on any atom is 0.129 e. The van der Waals surface area contributed by atoms with E-state index in [0.29, 0.717) is 0 Å². The minimum atomic E-state index is -1.62. The largest absolute Gasteiger partial charge is 0.264 e. The molecule has 0 saturated carbocycles. The van der Waals surface area contributed by atoms with Crippen molar-refractivity contribution in [3.63, 3.8) is 0 Å². The normalized spacial score (nSPS) is 16.0. The Balaban J connectivity index is 1.88. The average Bonchev–Trinajstić information content (AvgIpc) is 3.28. The molecule has 0 aromatic heterocycles. The van der Waals surface area contributed by atoms with E-state index in [9.17, 15) is 0 Å². The monoisotopic (exact) mass is 529 g/mol. The molecule has 0 saturated heterocycles. The lowest BCUT2D eigenvalue weighted by atomic mass is 9.75. The van der Waals surface area contributed by atoms with Crippen LogP contribution in [0.15, 0.2) is 109 Å². The highest BCUT2D eigenvalue weighted by Gasteiger charge is 2.49. The third kappa shape index (κ3) is 4.85. The predicted molar refractivity (Wildman–Crippen MR) is 168 cm³/mol. The molecule has 1 nitrogen and oxygen atoms in total. The van der Waals surface area contributed by atoms with Crippen LogP contribution < -0.4 is 5.19 Å². The van der Waals surface area contributed by atoms with Crippen LogP contribution in [0.2, 0.25) is 39.3 Å². The van der Waals surface area contributed by atoms with Crippen LogP contribution >= 0.6 is 0 Å². The van der Waals surface area contributed by atoms with Crippen LogP contribution in [0.25, 0.3) is 0 Å². The van der Waals surface area contributed by atoms with Gasteiger partial charge in [-0.05, 0) is 27.8 Å². The highest BCUT2D eigenvalue weighted by molar-refractivity contribution is 6.89. The highest BCUT2D eigenvalue weighted by Crippen LogP contribution is 2.50. The van der Waals surface area contributed by atoms with Gasteiger partial charge in [0, 0.05) is 6.54 Å². The Labute approximate surface area is 231 Å². The van der Waals surface area contributed by atoms with Crippen molar-refractivity contribution in [2.75, 3.05) is 0 Å². The fraction of sp³-hybridized carbons (Fsp3) is 0.257. The summed E-state index contributed by atoms with van der Waals surface area (Å²) in [5, 5.41) is 1.54. The molecule has 38 heavy (non-hydrogen) atoms. The molecule has 4 aromatic carbocycles. The first-order valence-electron chi connectivity index (χ1n) is 13.7. The maximum atomic E-state index is 3.91. The van der Waals surface area contributed by atoms with Crippen molar-refractivity contribution >= 4 is 21.3 Å². The van der Waals surface area contributed by atoms with Crippen molar-refractivity contribution in [1.29, 1.82) is 0 Å². The van der Waals surface area contributed by atoms with E-state index in [2.05, 4.69) is 165 Å². The lowest BCUT2D eigenvalue weighted by Crippen LogP contribution is -2.48. The molecule has 0 N–H and O–H groups in total. The van der Waals surface area contributed by atoms with Crippen LogP contribution in [0.4, 0.5) is 0 Å². The Hall–Kier alpha value is -3.17. The van der Waals surface area contributed by atoms with Gasteiger partial charge in [0.25, 0.3) is 0 Å². The molecular formula is C35H39NSi2. The summed E-state index contributed by atoms with van der Waals surface area (Å²) in [5.41, 5.74) is 10.0. The second-order valence-corrected chi connectivity index (χ2v) is 22.3. The van der Waals surface area contributed by atoms with Gasteiger partial charge >= 0.3 is 0 Å². The lowest BCUT2D eigenvalue weighted by molar-refractivity contribution is 0.137. The Morgan fingerprint density at radius 1 is 0.632 bits per heavy atom. The predicted octanol–water partition coefficient (Wildman–Crippen LogP) is 7.96. The van der Waals surface area contributed by atoms with Crippen LogP contribution in [-0.2, 0) is 12.1 Å². The van der Waals surface area contributed by atoms with Crippen molar-refractivity contribution in [1.82, 2.24) is 4.90 Å².